The molecule has 1 aliphatic rings. The number of benzene rings is 3. The van der Waals surface area contributed by atoms with E-state index in [9.17, 15) is 9.59 Å². The van der Waals surface area contributed by atoms with E-state index in [4.69, 9.17) is 4.74 Å². The second-order valence-corrected chi connectivity index (χ2v) is 10.2. The summed E-state index contributed by atoms with van der Waals surface area (Å²) in [5.74, 6) is 0.357. The standard InChI is InChI=1S/C32H38N2O3/c1-23-17-18-29(19-25(23)3)37-22-31(35)34(21-27-14-8-7-11-24(27)2)30(20-26-12-5-4-6-13-26)32(36)33-28-15-9-10-16-28/h4-8,11-14,17-19,28,30H,9-10,15-16,20-22H2,1-3H3,(H,33,36). The number of hydrogen-bond acceptors (Lipinski definition) is 3. The van der Waals surface area contributed by atoms with Crippen molar-refractivity contribution in [3.63, 3.8) is 0 Å². The molecule has 4 rings (SSSR count). The lowest BCUT2D eigenvalue weighted by molar-refractivity contribution is -0.143. The van der Waals surface area contributed by atoms with Crippen molar-refractivity contribution in [1.82, 2.24) is 10.2 Å². The van der Waals surface area contributed by atoms with E-state index in [1.54, 1.807) is 4.90 Å². The van der Waals surface area contributed by atoms with Crippen LogP contribution < -0.4 is 10.1 Å². The molecule has 1 fully saturated rings. The number of carbonyl (C=O) groups excluding carboxylic acids is 2. The van der Waals surface area contributed by atoms with Crippen LogP contribution in [0.15, 0.2) is 72.8 Å². The number of rotatable bonds is 10. The van der Waals surface area contributed by atoms with Crippen molar-refractivity contribution in [3.8, 4) is 5.75 Å². The zero-order chi connectivity index (χ0) is 26.2. The number of carbonyl (C=O) groups is 2. The van der Waals surface area contributed by atoms with E-state index in [1.165, 1.54) is 5.56 Å². The fourth-order valence-corrected chi connectivity index (χ4v) is 4.92. The van der Waals surface area contributed by atoms with Gasteiger partial charge in [0.2, 0.25) is 5.91 Å². The van der Waals surface area contributed by atoms with Crippen LogP contribution in [0.25, 0.3) is 0 Å². The van der Waals surface area contributed by atoms with Gasteiger partial charge in [-0.3, -0.25) is 9.59 Å². The lowest BCUT2D eigenvalue weighted by Crippen LogP contribution is -2.53. The first kappa shape index (κ1) is 26.5. The van der Waals surface area contributed by atoms with E-state index in [-0.39, 0.29) is 24.5 Å². The van der Waals surface area contributed by atoms with Gasteiger partial charge in [-0.15, -0.1) is 0 Å². The van der Waals surface area contributed by atoms with E-state index in [2.05, 4.69) is 5.32 Å². The molecule has 2 amide bonds. The van der Waals surface area contributed by atoms with Crippen LogP contribution in [0, 0.1) is 20.8 Å². The van der Waals surface area contributed by atoms with Crippen LogP contribution in [0.4, 0.5) is 0 Å². The van der Waals surface area contributed by atoms with E-state index >= 15 is 0 Å². The van der Waals surface area contributed by atoms with Gasteiger partial charge in [-0.1, -0.05) is 73.5 Å². The second-order valence-electron chi connectivity index (χ2n) is 10.2. The molecule has 1 saturated carbocycles. The van der Waals surface area contributed by atoms with E-state index in [0.29, 0.717) is 18.7 Å². The van der Waals surface area contributed by atoms with Crippen molar-refractivity contribution in [2.75, 3.05) is 6.61 Å². The Morgan fingerprint density at radius 3 is 2.30 bits per heavy atom. The molecule has 37 heavy (non-hydrogen) atoms. The SMILES string of the molecule is Cc1ccc(OCC(=O)N(Cc2ccccc2C)C(Cc2ccccc2)C(=O)NC2CCCC2)cc1C. The normalized spacial score (nSPS) is 14.2. The highest BCUT2D eigenvalue weighted by atomic mass is 16.5. The number of aryl methyl sites for hydroxylation is 3. The van der Waals surface area contributed by atoms with Crippen LogP contribution in [0.3, 0.4) is 0 Å². The molecule has 1 aliphatic carbocycles. The van der Waals surface area contributed by atoms with Crippen molar-refractivity contribution in [2.24, 2.45) is 0 Å². The zero-order valence-corrected chi connectivity index (χ0v) is 22.2. The minimum absolute atomic E-state index is 0.0936. The number of hydrogen-bond donors (Lipinski definition) is 1. The molecule has 0 aromatic heterocycles. The van der Waals surface area contributed by atoms with Gasteiger partial charge in [-0.25, -0.2) is 0 Å². The molecule has 3 aromatic rings. The number of nitrogens with one attached hydrogen (secondary N) is 1. The molecule has 3 aromatic carbocycles. The molecule has 0 saturated heterocycles. The van der Waals surface area contributed by atoms with Crippen molar-refractivity contribution < 1.29 is 14.3 Å². The predicted molar refractivity (Wildman–Crippen MR) is 147 cm³/mol. The first-order valence-corrected chi connectivity index (χ1v) is 13.3. The summed E-state index contributed by atoms with van der Waals surface area (Å²) >= 11 is 0. The maximum absolute atomic E-state index is 13.8. The summed E-state index contributed by atoms with van der Waals surface area (Å²) in [5.41, 5.74) is 5.41. The Kier molecular flexibility index (Phi) is 8.99. The van der Waals surface area contributed by atoms with Crippen LogP contribution in [-0.4, -0.2) is 35.4 Å². The summed E-state index contributed by atoms with van der Waals surface area (Å²) in [5, 5.41) is 3.25. The topological polar surface area (TPSA) is 58.6 Å². The summed E-state index contributed by atoms with van der Waals surface area (Å²) in [4.78, 5) is 29.2. The number of nitrogens with zero attached hydrogens (tertiary/aromatic N) is 1. The molecule has 0 heterocycles. The molecule has 5 heteroatoms. The third kappa shape index (κ3) is 7.22. The van der Waals surface area contributed by atoms with E-state index < -0.39 is 6.04 Å². The minimum atomic E-state index is -0.640. The van der Waals surface area contributed by atoms with Gasteiger partial charge < -0.3 is 15.0 Å². The Morgan fingerprint density at radius 2 is 1.59 bits per heavy atom. The van der Waals surface area contributed by atoms with E-state index in [0.717, 1.165) is 47.9 Å². The molecule has 1 unspecified atom stereocenters. The molecule has 1 atom stereocenters. The van der Waals surface area contributed by atoms with Crippen molar-refractivity contribution in [2.45, 2.75) is 71.5 Å². The zero-order valence-electron chi connectivity index (χ0n) is 22.2. The lowest BCUT2D eigenvalue weighted by Gasteiger charge is -2.32. The van der Waals surface area contributed by atoms with Crippen LogP contribution in [0.5, 0.6) is 5.75 Å². The number of ether oxygens (including phenoxy) is 1. The average Bonchev–Trinajstić information content (AvgIpc) is 3.41. The summed E-state index contributed by atoms with van der Waals surface area (Å²) in [6.45, 7) is 6.32. The molecular weight excluding hydrogens is 460 g/mol. The molecule has 0 spiro atoms. The van der Waals surface area contributed by atoms with Crippen LogP contribution in [0.1, 0.15) is 53.5 Å². The summed E-state index contributed by atoms with van der Waals surface area (Å²) in [7, 11) is 0. The molecular formula is C32H38N2O3. The fraction of sp³-hybridized carbons (Fsp3) is 0.375. The predicted octanol–water partition coefficient (Wildman–Crippen LogP) is 5.69. The van der Waals surface area contributed by atoms with Gasteiger partial charge in [-0.2, -0.15) is 0 Å². The molecule has 0 bridgehead atoms. The van der Waals surface area contributed by atoms with Gasteiger partial charge >= 0.3 is 0 Å². The van der Waals surface area contributed by atoms with E-state index in [1.807, 2.05) is 93.6 Å². The van der Waals surface area contributed by atoms with Gasteiger partial charge in [0.25, 0.3) is 5.91 Å². The maximum atomic E-state index is 13.8. The average molecular weight is 499 g/mol. The Hall–Kier alpha value is -3.60. The van der Waals surface area contributed by atoms with Crippen LogP contribution in [-0.2, 0) is 22.6 Å². The Labute approximate surface area is 220 Å². The Balaban J connectivity index is 1.62. The lowest BCUT2D eigenvalue weighted by atomic mass is 10.0. The molecule has 194 valence electrons. The van der Waals surface area contributed by atoms with Gasteiger partial charge in [-0.05, 0) is 73.6 Å². The number of amides is 2. The quantitative estimate of drug-likeness (QED) is 0.391. The molecule has 1 N–H and O–H groups in total. The smallest absolute Gasteiger partial charge is 0.261 e. The fourth-order valence-electron chi connectivity index (χ4n) is 4.92. The second kappa shape index (κ2) is 12.6. The summed E-state index contributed by atoms with van der Waals surface area (Å²) in [6, 6.07) is 23.3. The molecule has 5 nitrogen and oxygen atoms in total. The van der Waals surface area contributed by atoms with Gasteiger partial charge in [0.1, 0.15) is 11.8 Å². The van der Waals surface area contributed by atoms with Crippen molar-refractivity contribution >= 4 is 11.8 Å². The molecule has 0 radical (unpaired) electrons. The third-order valence-corrected chi connectivity index (χ3v) is 7.42. The summed E-state index contributed by atoms with van der Waals surface area (Å²) < 4.78 is 5.94. The maximum Gasteiger partial charge on any atom is 0.261 e. The van der Waals surface area contributed by atoms with Crippen molar-refractivity contribution in [1.29, 1.82) is 0 Å². The van der Waals surface area contributed by atoms with Crippen LogP contribution >= 0.6 is 0 Å². The highest BCUT2D eigenvalue weighted by molar-refractivity contribution is 5.88. The summed E-state index contributed by atoms with van der Waals surface area (Å²) in [6.07, 6.45) is 4.69. The monoisotopic (exact) mass is 498 g/mol. The van der Waals surface area contributed by atoms with Gasteiger partial charge in [0.15, 0.2) is 6.61 Å². The minimum Gasteiger partial charge on any atom is -0.484 e. The Bertz CT molecular complexity index is 1200. The molecule has 0 aliphatic heterocycles. The van der Waals surface area contributed by atoms with Crippen LogP contribution in [0.2, 0.25) is 0 Å². The first-order valence-electron chi connectivity index (χ1n) is 13.3. The van der Waals surface area contributed by atoms with Crippen molar-refractivity contribution in [3.05, 3.63) is 101 Å². The highest BCUT2D eigenvalue weighted by Gasteiger charge is 2.32. The largest absolute Gasteiger partial charge is 0.484 e. The Morgan fingerprint density at radius 1 is 0.892 bits per heavy atom. The van der Waals surface area contributed by atoms with Gasteiger partial charge in [0, 0.05) is 19.0 Å². The third-order valence-electron chi connectivity index (χ3n) is 7.42. The first-order chi connectivity index (χ1) is 17.9. The highest BCUT2D eigenvalue weighted by Crippen LogP contribution is 2.22. The van der Waals surface area contributed by atoms with Gasteiger partial charge in [0.05, 0.1) is 0 Å².